The van der Waals surface area contributed by atoms with Crippen LogP contribution in [-0.2, 0) is 4.79 Å². The van der Waals surface area contributed by atoms with E-state index in [-0.39, 0.29) is 11.3 Å². The zero-order valence-corrected chi connectivity index (χ0v) is 9.00. The predicted molar refractivity (Wildman–Crippen MR) is 55.4 cm³/mol. The van der Waals surface area contributed by atoms with Gasteiger partial charge in [0, 0.05) is 18.5 Å². The van der Waals surface area contributed by atoms with E-state index in [1.54, 1.807) is 18.5 Å². The van der Waals surface area contributed by atoms with Crippen molar-refractivity contribution in [2.24, 2.45) is 0 Å². The molecule has 0 spiro atoms. The van der Waals surface area contributed by atoms with Gasteiger partial charge in [-0.2, -0.15) is 0 Å². The maximum absolute atomic E-state index is 11.8. The van der Waals surface area contributed by atoms with Gasteiger partial charge in [-0.3, -0.25) is 14.0 Å². The first-order valence-electron chi connectivity index (χ1n) is 4.24. The number of fused-ring (bicyclic) bond motifs is 1. The van der Waals surface area contributed by atoms with Gasteiger partial charge in [-0.1, -0.05) is 0 Å². The van der Waals surface area contributed by atoms with Crippen molar-refractivity contribution in [3.63, 3.8) is 0 Å². The lowest BCUT2D eigenvalue weighted by atomic mass is 10.4. The van der Waals surface area contributed by atoms with Crippen molar-refractivity contribution in [2.75, 3.05) is 0 Å². The van der Waals surface area contributed by atoms with Gasteiger partial charge in [-0.25, -0.2) is 4.98 Å². The Hall–Kier alpha value is -1.69. The molecule has 0 N–H and O–H groups in total. The van der Waals surface area contributed by atoms with E-state index in [1.165, 1.54) is 22.7 Å². The number of ether oxygens (including phenoxy) is 1. The van der Waals surface area contributed by atoms with E-state index in [0.29, 0.717) is 10.7 Å². The fourth-order valence-electron chi connectivity index (χ4n) is 1.23. The summed E-state index contributed by atoms with van der Waals surface area (Å²) in [5, 5.41) is 1.75. The van der Waals surface area contributed by atoms with Crippen LogP contribution in [0.4, 0.5) is 0 Å². The van der Waals surface area contributed by atoms with E-state index in [9.17, 15) is 9.59 Å². The van der Waals surface area contributed by atoms with Crippen LogP contribution in [0.2, 0.25) is 0 Å². The minimum atomic E-state index is -0.521. The maximum atomic E-state index is 11.8. The molecular weight excluding hydrogens is 216 g/mol. The molecule has 5 nitrogen and oxygen atoms in total. The van der Waals surface area contributed by atoms with Gasteiger partial charge in [0.1, 0.15) is 0 Å². The van der Waals surface area contributed by atoms with Gasteiger partial charge in [-0.05, 0) is 6.92 Å². The van der Waals surface area contributed by atoms with Crippen molar-refractivity contribution in [3.05, 3.63) is 27.6 Å². The topological polar surface area (TPSA) is 60.7 Å². The summed E-state index contributed by atoms with van der Waals surface area (Å²) in [5.41, 5.74) is 0.0756. The smallest absolute Gasteiger partial charge is 0.308 e. The molecule has 2 rings (SSSR count). The third kappa shape index (κ3) is 1.63. The molecular formula is C9H8N2O3S. The molecule has 0 fully saturated rings. The summed E-state index contributed by atoms with van der Waals surface area (Å²) in [6, 6.07) is 0. The molecule has 0 unspecified atom stereocenters. The molecule has 0 aliphatic heterocycles. The van der Waals surface area contributed by atoms with E-state index >= 15 is 0 Å². The van der Waals surface area contributed by atoms with Crippen molar-refractivity contribution < 1.29 is 9.53 Å². The maximum Gasteiger partial charge on any atom is 0.308 e. The van der Waals surface area contributed by atoms with Crippen LogP contribution in [-0.4, -0.2) is 15.4 Å². The molecule has 0 radical (unpaired) electrons. The normalized spacial score (nSPS) is 10.5. The Morgan fingerprint density at radius 3 is 3.00 bits per heavy atom. The van der Waals surface area contributed by atoms with Crippen molar-refractivity contribution in [2.45, 2.75) is 13.8 Å². The van der Waals surface area contributed by atoms with Crippen LogP contribution in [0.3, 0.4) is 0 Å². The summed E-state index contributed by atoms with van der Waals surface area (Å²) < 4.78 is 6.18. The molecule has 2 heterocycles. The Balaban J connectivity index is 2.72. The Morgan fingerprint density at radius 2 is 2.33 bits per heavy atom. The Bertz CT molecular complexity index is 585. The molecule has 0 amide bonds. The molecule has 2 aromatic heterocycles. The number of hydrogen-bond acceptors (Lipinski definition) is 5. The molecule has 0 atom stereocenters. The van der Waals surface area contributed by atoms with Crippen LogP contribution in [0.15, 0.2) is 16.4 Å². The average molecular weight is 224 g/mol. The van der Waals surface area contributed by atoms with Crippen LogP contribution < -0.4 is 10.3 Å². The average Bonchev–Trinajstić information content (AvgIpc) is 2.59. The molecule has 15 heavy (non-hydrogen) atoms. The monoisotopic (exact) mass is 224 g/mol. The Morgan fingerprint density at radius 1 is 1.60 bits per heavy atom. The first-order valence-corrected chi connectivity index (χ1v) is 5.12. The van der Waals surface area contributed by atoms with Crippen LogP contribution in [0, 0.1) is 6.92 Å². The number of hydrogen-bond donors (Lipinski definition) is 0. The molecule has 2 aromatic rings. The van der Waals surface area contributed by atoms with E-state index in [0.717, 1.165) is 0 Å². The molecule has 0 aliphatic carbocycles. The molecule has 0 bridgehead atoms. The highest BCUT2D eigenvalue weighted by Gasteiger charge is 2.13. The largest absolute Gasteiger partial charge is 0.419 e. The number of aromatic nitrogens is 2. The van der Waals surface area contributed by atoms with Gasteiger partial charge >= 0.3 is 11.5 Å². The standard InChI is InChI=1S/C9H8N2O3S/c1-5-7(14-6(2)12)8(13)11-3-4-15-9(11)10-5/h3-4H,1-2H3. The minimum Gasteiger partial charge on any atom is -0.419 e. The fraction of sp³-hybridized carbons (Fsp3) is 0.222. The molecule has 0 aliphatic rings. The number of carbonyl (C=O) groups excluding carboxylic acids is 1. The highest BCUT2D eigenvalue weighted by molar-refractivity contribution is 7.15. The lowest BCUT2D eigenvalue weighted by Crippen LogP contribution is -2.19. The second kappa shape index (κ2) is 3.47. The lowest BCUT2D eigenvalue weighted by Gasteiger charge is -2.03. The van der Waals surface area contributed by atoms with Crippen LogP contribution in [0.1, 0.15) is 12.6 Å². The SMILES string of the molecule is CC(=O)Oc1c(C)nc2sccn2c1=O. The van der Waals surface area contributed by atoms with Gasteiger partial charge < -0.3 is 4.74 Å². The van der Waals surface area contributed by atoms with Gasteiger partial charge in [0.05, 0.1) is 5.69 Å². The molecule has 78 valence electrons. The third-order valence-electron chi connectivity index (χ3n) is 1.84. The summed E-state index contributed by atoms with van der Waals surface area (Å²) in [5.74, 6) is -0.523. The van der Waals surface area contributed by atoms with Crippen LogP contribution >= 0.6 is 11.3 Å². The molecule has 0 saturated carbocycles. The quantitative estimate of drug-likeness (QED) is 0.678. The van der Waals surface area contributed by atoms with Crippen molar-refractivity contribution in [1.29, 1.82) is 0 Å². The van der Waals surface area contributed by atoms with Crippen LogP contribution in [0.25, 0.3) is 4.96 Å². The third-order valence-corrected chi connectivity index (χ3v) is 2.60. The summed E-state index contributed by atoms with van der Waals surface area (Å²) in [6.45, 7) is 2.89. The van der Waals surface area contributed by atoms with Crippen molar-refractivity contribution >= 4 is 22.3 Å². The molecule has 0 saturated heterocycles. The number of aryl methyl sites for hydroxylation is 1. The first kappa shape index (κ1) is 9.85. The van der Waals surface area contributed by atoms with Gasteiger partial charge in [0.2, 0.25) is 5.75 Å². The number of thiazole rings is 1. The van der Waals surface area contributed by atoms with E-state index < -0.39 is 5.97 Å². The number of carbonyl (C=O) groups is 1. The second-order valence-corrected chi connectivity index (χ2v) is 3.85. The zero-order chi connectivity index (χ0) is 11.0. The molecule has 6 heteroatoms. The number of rotatable bonds is 1. The highest BCUT2D eigenvalue weighted by atomic mass is 32.1. The van der Waals surface area contributed by atoms with Gasteiger partial charge in [0.15, 0.2) is 4.96 Å². The second-order valence-electron chi connectivity index (χ2n) is 2.98. The van der Waals surface area contributed by atoms with E-state index in [4.69, 9.17) is 4.74 Å². The Labute approximate surface area is 89.0 Å². The van der Waals surface area contributed by atoms with Gasteiger partial charge in [0.25, 0.3) is 0 Å². The van der Waals surface area contributed by atoms with Gasteiger partial charge in [-0.15, -0.1) is 11.3 Å². The summed E-state index contributed by atoms with van der Waals surface area (Å²) >= 11 is 1.35. The zero-order valence-electron chi connectivity index (χ0n) is 8.18. The van der Waals surface area contributed by atoms with E-state index in [1.807, 2.05) is 0 Å². The first-order chi connectivity index (χ1) is 7.09. The summed E-state index contributed by atoms with van der Waals surface area (Å²) in [4.78, 5) is 27.3. The lowest BCUT2D eigenvalue weighted by molar-refractivity contribution is -0.132. The summed E-state index contributed by atoms with van der Waals surface area (Å²) in [7, 11) is 0. The van der Waals surface area contributed by atoms with Crippen LogP contribution in [0.5, 0.6) is 5.75 Å². The fourth-order valence-corrected chi connectivity index (χ4v) is 1.98. The van der Waals surface area contributed by atoms with Crippen molar-refractivity contribution in [3.8, 4) is 5.75 Å². The number of esters is 1. The number of nitrogens with zero attached hydrogens (tertiary/aromatic N) is 2. The highest BCUT2D eigenvalue weighted by Crippen LogP contribution is 2.14. The Kier molecular flexibility index (Phi) is 2.28. The van der Waals surface area contributed by atoms with Crippen molar-refractivity contribution in [1.82, 2.24) is 9.38 Å². The van der Waals surface area contributed by atoms with E-state index in [2.05, 4.69) is 4.98 Å². The molecule has 0 aromatic carbocycles. The summed E-state index contributed by atoms with van der Waals surface area (Å²) in [6.07, 6.45) is 1.60. The minimum absolute atomic E-state index is 0.00148. The predicted octanol–water partition coefficient (Wildman–Crippen LogP) is 0.990.